The number of carbonyl (C=O) groups excluding carboxylic acids is 1. The fraction of sp³-hybridized carbons (Fsp3) is 0.318. The molecule has 0 fully saturated rings. The van der Waals surface area contributed by atoms with Gasteiger partial charge in [-0.05, 0) is 59.0 Å². The van der Waals surface area contributed by atoms with E-state index in [0.29, 0.717) is 31.9 Å². The van der Waals surface area contributed by atoms with Crippen LogP contribution in [0, 0.1) is 0 Å². The summed E-state index contributed by atoms with van der Waals surface area (Å²) in [5.74, 6) is 1.35. The Hall–Kier alpha value is -2.00. The predicted molar refractivity (Wildman–Crippen MR) is 118 cm³/mol. The molecule has 3 heterocycles. The lowest BCUT2D eigenvalue weighted by Gasteiger charge is -2.24. The van der Waals surface area contributed by atoms with E-state index in [-0.39, 0.29) is 5.91 Å². The zero-order valence-electron chi connectivity index (χ0n) is 16.2. The van der Waals surface area contributed by atoms with Crippen molar-refractivity contribution in [1.29, 1.82) is 0 Å². The van der Waals surface area contributed by atoms with Crippen molar-refractivity contribution in [1.82, 2.24) is 9.21 Å². The predicted octanol–water partition coefficient (Wildman–Crippen LogP) is 3.42. The average molecular weight is 489 g/mol. The monoisotopic (exact) mass is 488 g/mol. The van der Waals surface area contributed by atoms with Crippen molar-refractivity contribution >= 4 is 33.8 Å². The van der Waals surface area contributed by atoms with Crippen molar-refractivity contribution in [2.75, 3.05) is 39.4 Å². The summed E-state index contributed by atoms with van der Waals surface area (Å²) in [6.07, 6.45) is -1.13. The van der Waals surface area contributed by atoms with Crippen LogP contribution in [0.1, 0.15) is 11.7 Å². The number of benzene rings is 2. The maximum Gasteiger partial charge on any atom is 0.256 e. The molecule has 0 spiro atoms. The van der Waals surface area contributed by atoms with Gasteiger partial charge in [-0.3, -0.25) is 4.79 Å². The van der Waals surface area contributed by atoms with Crippen LogP contribution in [0.4, 0.5) is 0 Å². The third-order valence-corrected chi connectivity index (χ3v) is 6.93. The molecule has 6 nitrogen and oxygen atoms in total. The minimum Gasteiger partial charge on any atom is -0.486 e. The fourth-order valence-corrected chi connectivity index (χ4v) is 5.43. The number of amides is 1. The van der Waals surface area contributed by atoms with Gasteiger partial charge in [0.05, 0.1) is 0 Å². The Morgan fingerprint density at radius 2 is 1.73 bits per heavy atom. The lowest BCUT2D eigenvalue weighted by atomic mass is 10.1. The summed E-state index contributed by atoms with van der Waals surface area (Å²) in [7, 11) is 0. The molecule has 1 atom stereocenters. The third kappa shape index (κ3) is 3.97. The second-order valence-corrected chi connectivity index (χ2v) is 9.64. The quantitative estimate of drug-likeness (QED) is 0.525. The molecule has 3 aliphatic heterocycles. The molecule has 30 heavy (non-hydrogen) atoms. The second-order valence-electron chi connectivity index (χ2n) is 7.55. The molecule has 0 saturated heterocycles. The van der Waals surface area contributed by atoms with Gasteiger partial charge >= 0.3 is 0 Å². The first-order valence-corrected chi connectivity index (χ1v) is 11.4. The molecule has 0 saturated carbocycles. The number of aliphatic hydroxyl groups excluding tert-OH is 1. The molecular formula is C22H21BrN2O4S. The number of nitrogens with zero attached hydrogens (tertiary/aromatic N) is 2. The Labute approximate surface area is 187 Å². The second kappa shape index (κ2) is 8.26. The first-order valence-electron chi connectivity index (χ1n) is 9.81. The number of fused-ring (bicyclic) bond motifs is 1. The molecule has 1 N–H and O–H groups in total. The average Bonchev–Trinajstić information content (AvgIpc) is 3.31. The topological polar surface area (TPSA) is 62.2 Å². The van der Waals surface area contributed by atoms with Crippen LogP contribution in [0.5, 0.6) is 11.5 Å². The van der Waals surface area contributed by atoms with Crippen molar-refractivity contribution in [2.24, 2.45) is 0 Å². The van der Waals surface area contributed by atoms with Crippen LogP contribution >= 0.6 is 27.9 Å². The summed E-state index contributed by atoms with van der Waals surface area (Å²) >= 11 is 5.08. The van der Waals surface area contributed by atoms with Crippen molar-refractivity contribution < 1.29 is 19.4 Å². The highest BCUT2D eigenvalue weighted by Crippen LogP contribution is 2.38. The summed E-state index contributed by atoms with van der Waals surface area (Å²) in [5, 5.41) is 10.5. The Bertz CT molecular complexity index is 1010. The zero-order chi connectivity index (χ0) is 20.7. The van der Waals surface area contributed by atoms with Crippen molar-refractivity contribution in [3.63, 3.8) is 0 Å². The summed E-state index contributed by atoms with van der Waals surface area (Å²) in [6.45, 7) is 3.95. The van der Waals surface area contributed by atoms with Crippen molar-refractivity contribution in [3.05, 3.63) is 63.6 Å². The SMILES string of the molecule is O=C(C(O)c1cccc(Br)c1)N1CC2=C(CN(Sc3ccc4c(c3)OCCO4)C2)C1. The summed E-state index contributed by atoms with van der Waals surface area (Å²) in [6, 6.07) is 13.3. The first kappa shape index (κ1) is 19.9. The van der Waals surface area contributed by atoms with Gasteiger partial charge in [-0.1, -0.05) is 28.1 Å². The highest BCUT2D eigenvalue weighted by Gasteiger charge is 2.35. The van der Waals surface area contributed by atoms with Gasteiger partial charge in [-0.15, -0.1) is 0 Å². The van der Waals surface area contributed by atoms with Gasteiger partial charge in [0, 0.05) is 35.5 Å². The normalized spacial score (nSPS) is 19.2. The molecule has 0 bridgehead atoms. The summed E-state index contributed by atoms with van der Waals surface area (Å²) in [5.41, 5.74) is 3.15. The third-order valence-electron chi connectivity index (χ3n) is 5.46. The Kier molecular flexibility index (Phi) is 5.49. The maximum atomic E-state index is 12.8. The number of carbonyl (C=O) groups is 1. The van der Waals surface area contributed by atoms with Crippen molar-refractivity contribution in [3.8, 4) is 11.5 Å². The van der Waals surface area contributed by atoms with E-state index >= 15 is 0 Å². The van der Waals surface area contributed by atoms with E-state index in [9.17, 15) is 9.90 Å². The number of hydrogen-bond donors (Lipinski definition) is 1. The molecule has 0 aliphatic carbocycles. The molecule has 8 heteroatoms. The Balaban J connectivity index is 1.18. The molecule has 2 aromatic rings. The summed E-state index contributed by atoms with van der Waals surface area (Å²) in [4.78, 5) is 15.6. The molecule has 1 amide bonds. The largest absolute Gasteiger partial charge is 0.486 e. The number of hydrogen-bond acceptors (Lipinski definition) is 6. The first-order chi connectivity index (χ1) is 14.6. The van der Waals surface area contributed by atoms with Crippen molar-refractivity contribution in [2.45, 2.75) is 11.0 Å². The summed E-state index contributed by atoms with van der Waals surface area (Å²) < 4.78 is 14.4. The van der Waals surface area contributed by atoms with E-state index in [4.69, 9.17) is 9.47 Å². The van der Waals surface area contributed by atoms with Gasteiger partial charge < -0.3 is 19.5 Å². The Morgan fingerprint density at radius 1 is 1.00 bits per heavy atom. The van der Waals surface area contributed by atoms with E-state index in [2.05, 4.69) is 20.2 Å². The number of halogens is 1. The molecule has 0 radical (unpaired) electrons. The van der Waals surface area contributed by atoms with E-state index in [1.165, 1.54) is 11.1 Å². The van der Waals surface area contributed by atoms with Crippen LogP contribution in [0.2, 0.25) is 0 Å². The molecule has 2 aromatic carbocycles. The van der Waals surface area contributed by atoms with Gasteiger partial charge in [0.25, 0.3) is 5.91 Å². The van der Waals surface area contributed by atoms with Crippen LogP contribution in [0.25, 0.3) is 0 Å². The molecule has 1 unspecified atom stereocenters. The van der Waals surface area contributed by atoms with Gasteiger partial charge in [0.1, 0.15) is 13.2 Å². The van der Waals surface area contributed by atoms with Crippen LogP contribution in [0.3, 0.4) is 0 Å². The van der Waals surface area contributed by atoms with Crippen LogP contribution in [-0.4, -0.2) is 59.6 Å². The number of rotatable bonds is 4. The number of aliphatic hydroxyl groups is 1. The van der Waals surface area contributed by atoms with E-state index < -0.39 is 6.10 Å². The minimum atomic E-state index is -1.13. The molecule has 3 aliphatic rings. The van der Waals surface area contributed by atoms with Gasteiger partial charge in [-0.2, -0.15) is 0 Å². The van der Waals surface area contributed by atoms with E-state index in [0.717, 1.165) is 34.0 Å². The maximum absolute atomic E-state index is 12.8. The van der Waals surface area contributed by atoms with E-state index in [1.54, 1.807) is 29.0 Å². The molecule has 0 aromatic heterocycles. The highest BCUT2D eigenvalue weighted by molar-refractivity contribution is 9.10. The van der Waals surface area contributed by atoms with Gasteiger partial charge in [0.15, 0.2) is 17.6 Å². The molecule has 156 valence electrons. The smallest absolute Gasteiger partial charge is 0.256 e. The standard InChI is InChI=1S/C22H21BrN2O4S/c23-17-3-1-2-14(8-17)21(26)22(27)24-10-15-12-25(13-16(15)11-24)30-18-4-5-19-20(9-18)29-7-6-28-19/h1-5,8-9,21,26H,6-7,10-13H2. The lowest BCUT2D eigenvalue weighted by molar-refractivity contribution is -0.139. The fourth-order valence-electron chi connectivity index (χ4n) is 3.99. The molecule has 5 rings (SSSR count). The Morgan fingerprint density at radius 3 is 2.47 bits per heavy atom. The highest BCUT2D eigenvalue weighted by atomic mass is 79.9. The van der Waals surface area contributed by atoms with Crippen LogP contribution in [0.15, 0.2) is 63.0 Å². The number of ether oxygens (including phenoxy) is 2. The van der Waals surface area contributed by atoms with Crippen LogP contribution in [-0.2, 0) is 4.79 Å². The minimum absolute atomic E-state index is 0.242. The molecular weight excluding hydrogens is 468 g/mol. The lowest BCUT2D eigenvalue weighted by Crippen LogP contribution is -2.36. The van der Waals surface area contributed by atoms with Gasteiger partial charge in [0.2, 0.25) is 0 Å². The zero-order valence-corrected chi connectivity index (χ0v) is 18.6. The van der Waals surface area contributed by atoms with E-state index in [1.807, 2.05) is 30.3 Å². The van der Waals surface area contributed by atoms with Gasteiger partial charge in [-0.25, -0.2) is 4.31 Å². The van der Waals surface area contributed by atoms with Crippen LogP contribution < -0.4 is 9.47 Å².